The number of thiophene rings is 1. The molecule has 0 amide bonds. The Bertz CT molecular complexity index is 549. The van der Waals surface area contributed by atoms with Gasteiger partial charge in [-0.3, -0.25) is 0 Å². The van der Waals surface area contributed by atoms with Gasteiger partial charge in [-0.05, 0) is 28.8 Å². The fraction of sp³-hybridized carbons (Fsp3) is 0.529. The molecule has 0 radical (unpaired) electrons. The van der Waals surface area contributed by atoms with E-state index in [0.717, 1.165) is 5.75 Å². The van der Waals surface area contributed by atoms with E-state index in [4.69, 9.17) is 4.43 Å². The minimum atomic E-state index is -1.84. The summed E-state index contributed by atoms with van der Waals surface area (Å²) in [5.74, 6) is 1.10. The van der Waals surface area contributed by atoms with Crippen LogP contribution >= 0.6 is 11.3 Å². The first kappa shape index (κ1) is 15.6. The van der Waals surface area contributed by atoms with Crippen LogP contribution in [0.1, 0.15) is 41.5 Å². The molecule has 1 nitrogen and oxygen atoms in total. The second kappa shape index (κ2) is 5.90. The standard InChI is InChI=1S/C17H26OSSi/c1-12(2)20(13(3)4,14(5)6)18-16-11-19-17-10-8-7-9-15(16)17/h7-14H,1-6H3. The van der Waals surface area contributed by atoms with Crippen molar-refractivity contribution < 1.29 is 4.43 Å². The quantitative estimate of drug-likeness (QED) is 0.576. The smallest absolute Gasteiger partial charge is 0.258 e. The van der Waals surface area contributed by atoms with E-state index in [1.807, 2.05) is 0 Å². The lowest BCUT2D eigenvalue weighted by Crippen LogP contribution is -2.50. The van der Waals surface area contributed by atoms with Crippen molar-refractivity contribution in [2.75, 3.05) is 0 Å². The Balaban J connectivity index is 2.47. The summed E-state index contributed by atoms with van der Waals surface area (Å²) in [5.41, 5.74) is 1.84. The van der Waals surface area contributed by atoms with Gasteiger partial charge in [0.1, 0.15) is 5.75 Å². The number of hydrogen-bond acceptors (Lipinski definition) is 2. The van der Waals surface area contributed by atoms with Crippen molar-refractivity contribution in [1.29, 1.82) is 0 Å². The maximum Gasteiger partial charge on any atom is 0.258 e. The molecule has 0 bridgehead atoms. The Kier molecular flexibility index (Phi) is 4.60. The van der Waals surface area contributed by atoms with Crippen LogP contribution in [0.3, 0.4) is 0 Å². The SMILES string of the molecule is CC(C)[Si](Oc1csc2ccccc12)(C(C)C)C(C)C. The zero-order chi connectivity index (χ0) is 14.9. The van der Waals surface area contributed by atoms with Gasteiger partial charge in [0, 0.05) is 15.5 Å². The van der Waals surface area contributed by atoms with Crippen LogP contribution < -0.4 is 4.43 Å². The van der Waals surface area contributed by atoms with E-state index in [2.05, 4.69) is 71.2 Å². The highest BCUT2D eigenvalue weighted by atomic mass is 32.1. The summed E-state index contributed by atoms with van der Waals surface area (Å²) in [7, 11) is -1.84. The van der Waals surface area contributed by atoms with Gasteiger partial charge >= 0.3 is 0 Å². The van der Waals surface area contributed by atoms with E-state index in [0.29, 0.717) is 16.6 Å². The topological polar surface area (TPSA) is 9.23 Å². The zero-order valence-electron chi connectivity index (χ0n) is 13.4. The molecule has 0 aliphatic heterocycles. The number of rotatable bonds is 5. The lowest BCUT2D eigenvalue weighted by Gasteiger charge is -2.42. The highest BCUT2D eigenvalue weighted by Crippen LogP contribution is 2.45. The average Bonchev–Trinajstić information content (AvgIpc) is 2.77. The molecule has 110 valence electrons. The molecule has 0 aliphatic rings. The Labute approximate surface area is 128 Å². The second-order valence-electron chi connectivity index (χ2n) is 6.52. The lowest BCUT2D eigenvalue weighted by atomic mass is 10.2. The summed E-state index contributed by atoms with van der Waals surface area (Å²) in [6, 6.07) is 8.56. The highest BCUT2D eigenvalue weighted by Gasteiger charge is 2.47. The van der Waals surface area contributed by atoms with E-state index in [1.165, 1.54) is 10.1 Å². The Morgan fingerprint density at radius 2 is 1.45 bits per heavy atom. The third-order valence-electron chi connectivity index (χ3n) is 4.44. The Morgan fingerprint density at radius 1 is 0.900 bits per heavy atom. The number of hydrogen-bond donors (Lipinski definition) is 0. The van der Waals surface area contributed by atoms with Gasteiger partial charge in [0.2, 0.25) is 0 Å². The Morgan fingerprint density at radius 3 is 2.00 bits per heavy atom. The normalized spacial score (nSPS) is 12.8. The highest BCUT2D eigenvalue weighted by molar-refractivity contribution is 7.17. The van der Waals surface area contributed by atoms with Gasteiger partial charge in [-0.2, -0.15) is 0 Å². The van der Waals surface area contributed by atoms with Crippen LogP contribution in [0.4, 0.5) is 0 Å². The lowest BCUT2D eigenvalue weighted by molar-refractivity contribution is 0.485. The van der Waals surface area contributed by atoms with E-state index < -0.39 is 8.32 Å². The van der Waals surface area contributed by atoms with Crippen molar-refractivity contribution in [1.82, 2.24) is 0 Å². The first-order valence-corrected chi connectivity index (χ1v) is 10.6. The van der Waals surface area contributed by atoms with E-state index in [1.54, 1.807) is 11.3 Å². The molecule has 2 aromatic rings. The molecule has 0 saturated carbocycles. The first-order valence-electron chi connectivity index (χ1n) is 7.54. The third-order valence-corrected chi connectivity index (χ3v) is 11.4. The molecule has 2 rings (SSSR count). The van der Waals surface area contributed by atoms with Gasteiger partial charge in [0.25, 0.3) is 8.32 Å². The molecule has 0 fully saturated rings. The number of benzene rings is 1. The second-order valence-corrected chi connectivity index (χ2v) is 12.8. The zero-order valence-corrected chi connectivity index (χ0v) is 15.3. The van der Waals surface area contributed by atoms with Crippen LogP contribution in [0.25, 0.3) is 10.1 Å². The fourth-order valence-corrected chi connectivity index (χ4v) is 9.78. The Hall–Kier alpha value is -0.803. The summed E-state index contributed by atoms with van der Waals surface area (Å²) >= 11 is 1.79. The molecule has 0 unspecified atom stereocenters. The number of fused-ring (bicyclic) bond motifs is 1. The molecule has 1 aromatic heterocycles. The maximum atomic E-state index is 6.79. The van der Waals surface area contributed by atoms with Gasteiger partial charge in [0.05, 0.1) is 0 Å². The maximum absolute atomic E-state index is 6.79. The van der Waals surface area contributed by atoms with Crippen molar-refractivity contribution in [2.45, 2.75) is 58.2 Å². The average molecular weight is 307 g/mol. The van der Waals surface area contributed by atoms with Crippen molar-refractivity contribution in [3.8, 4) is 5.75 Å². The molecular weight excluding hydrogens is 280 g/mol. The molecule has 0 atom stereocenters. The summed E-state index contributed by atoms with van der Waals surface area (Å²) in [6.07, 6.45) is 0. The summed E-state index contributed by atoms with van der Waals surface area (Å²) in [4.78, 5) is 0. The molecule has 0 N–H and O–H groups in total. The minimum Gasteiger partial charge on any atom is -0.542 e. The van der Waals surface area contributed by atoms with Crippen molar-refractivity contribution in [3.63, 3.8) is 0 Å². The van der Waals surface area contributed by atoms with Gasteiger partial charge in [-0.25, -0.2) is 0 Å². The molecule has 0 aliphatic carbocycles. The van der Waals surface area contributed by atoms with Crippen LogP contribution in [0, 0.1) is 0 Å². The van der Waals surface area contributed by atoms with Crippen LogP contribution in [0.15, 0.2) is 29.6 Å². The third kappa shape index (κ3) is 2.53. The van der Waals surface area contributed by atoms with Gasteiger partial charge in [-0.15, -0.1) is 11.3 Å². The molecule has 0 saturated heterocycles. The van der Waals surface area contributed by atoms with E-state index in [9.17, 15) is 0 Å². The van der Waals surface area contributed by atoms with Crippen molar-refractivity contribution in [3.05, 3.63) is 29.6 Å². The van der Waals surface area contributed by atoms with E-state index >= 15 is 0 Å². The molecule has 20 heavy (non-hydrogen) atoms. The summed E-state index contributed by atoms with van der Waals surface area (Å²) in [5, 5.41) is 3.47. The van der Waals surface area contributed by atoms with E-state index in [-0.39, 0.29) is 0 Å². The van der Waals surface area contributed by atoms with Gasteiger partial charge < -0.3 is 4.43 Å². The van der Waals surface area contributed by atoms with Crippen molar-refractivity contribution >= 4 is 29.7 Å². The molecule has 0 spiro atoms. The van der Waals surface area contributed by atoms with Crippen LogP contribution in [0.2, 0.25) is 16.6 Å². The predicted molar refractivity (Wildman–Crippen MR) is 93.5 cm³/mol. The molecule has 1 heterocycles. The largest absolute Gasteiger partial charge is 0.542 e. The van der Waals surface area contributed by atoms with Crippen LogP contribution in [-0.4, -0.2) is 8.32 Å². The van der Waals surface area contributed by atoms with Gasteiger partial charge in [-0.1, -0.05) is 53.7 Å². The minimum absolute atomic E-state index is 0.612. The monoisotopic (exact) mass is 306 g/mol. The summed E-state index contributed by atoms with van der Waals surface area (Å²) < 4.78 is 8.11. The fourth-order valence-electron chi connectivity index (χ4n) is 3.58. The first-order chi connectivity index (χ1) is 9.39. The molecular formula is C17H26OSSi. The molecule has 1 aromatic carbocycles. The van der Waals surface area contributed by atoms with Crippen LogP contribution in [0.5, 0.6) is 5.75 Å². The molecule has 3 heteroatoms. The summed E-state index contributed by atoms with van der Waals surface area (Å²) in [6.45, 7) is 14.0. The van der Waals surface area contributed by atoms with Crippen LogP contribution in [-0.2, 0) is 0 Å². The van der Waals surface area contributed by atoms with Gasteiger partial charge in [0.15, 0.2) is 0 Å². The predicted octanol–water partition coefficient (Wildman–Crippen LogP) is 6.46. The van der Waals surface area contributed by atoms with Crippen molar-refractivity contribution in [2.24, 2.45) is 0 Å².